The van der Waals surface area contributed by atoms with Gasteiger partial charge in [-0.3, -0.25) is 4.79 Å². The van der Waals surface area contributed by atoms with Crippen LogP contribution in [-0.2, 0) is 6.42 Å². The van der Waals surface area contributed by atoms with Crippen LogP contribution in [0, 0.1) is 0 Å². The number of carbonyl (C=O) groups excluding carboxylic acids is 2. The third kappa shape index (κ3) is 4.92. The zero-order valence-electron chi connectivity index (χ0n) is 22.0. The van der Waals surface area contributed by atoms with Crippen LogP contribution in [0.5, 0.6) is 5.75 Å². The molecule has 0 saturated carbocycles. The third-order valence-corrected chi connectivity index (χ3v) is 7.76. The molecular weight excluding hydrogens is 496 g/mol. The van der Waals surface area contributed by atoms with E-state index in [0.717, 1.165) is 66.3 Å². The maximum absolute atomic E-state index is 13.1. The summed E-state index contributed by atoms with van der Waals surface area (Å²) in [4.78, 5) is 38.9. The first-order valence-electron chi connectivity index (χ1n) is 13.3. The van der Waals surface area contributed by atoms with Gasteiger partial charge >= 0.3 is 6.03 Å². The monoisotopic (exact) mass is 528 g/mol. The van der Waals surface area contributed by atoms with Gasteiger partial charge in [0.1, 0.15) is 23.6 Å². The average Bonchev–Trinajstić information content (AvgIpc) is 3.27. The fourth-order valence-corrected chi connectivity index (χ4v) is 5.65. The number of nitrogens with one attached hydrogen (secondary N) is 4. The number of hydrogen-bond acceptors (Lipinski definition) is 8. The number of urea groups is 1. The molecule has 11 heteroatoms. The summed E-state index contributed by atoms with van der Waals surface area (Å²) in [6.07, 6.45) is 3.83. The van der Waals surface area contributed by atoms with E-state index >= 15 is 0 Å². The Bertz CT molecular complexity index is 1410. The highest BCUT2D eigenvalue weighted by Crippen LogP contribution is 2.34. The lowest BCUT2D eigenvalue weighted by Gasteiger charge is -2.38. The Morgan fingerprint density at radius 2 is 1.92 bits per heavy atom. The second-order valence-corrected chi connectivity index (χ2v) is 10.1. The number of benzene rings is 2. The molecule has 2 aromatic carbocycles. The van der Waals surface area contributed by atoms with Crippen LogP contribution in [-0.4, -0.2) is 59.6 Å². The topological polar surface area (TPSA) is 124 Å². The average molecular weight is 529 g/mol. The van der Waals surface area contributed by atoms with Crippen LogP contribution in [0.2, 0.25) is 0 Å². The van der Waals surface area contributed by atoms with Gasteiger partial charge in [0.05, 0.1) is 18.8 Å². The molecule has 3 aliphatic heterocycles. The third-order valence-electron chi connectivity index (χ3n) is 7.76. The Labute approximate surface area is 226 Å². The van der Waals surface area contributed by atoms with Crippen LogP contribution < -0.4 is 31.1 Å². The van der Waals surface area contributed by atoms with E-state index in [1.54, 1.807) is 13.2 Å². The smallest absolute Gasteiger partial charge is 0.322 e. The van der Waals surface area contributed by atoms with Gasteiger partial charge in [-0.05, 0) is 62.1 Å². The molecule has 6 rings (SSSR count). The van der Waals surface area contributed by atoms with Crippen LogP contribution in [0.25, 0.3) is 0 Å². The maximum Gasteiger partial charge on any atom is 0.322 e. The van der Waals surface area contributed by atoms with Gasteiger partial charge < -0.3 is 30.6 Å². The van der Waals surface area contributed by atoms with E-state index in [1.165, 1.54) is 6.33 Å². The fourth-order valence-electron chi connectivity index (χ4n) is 5.65. The van der Waals surface area contributed by atoms with Crippen molar-refractivity contribution in [3.63, 3.8) is 0 Å². The van der Waals surface area contributed by atoms with E-state index < -0.39 is 0 Å². The number of methoxy groups -OCH3 is 1. The van der Waals surface area contributed by atoms with Crippen LogP contribution in [0.1, 0.15) is 47.4 Å². The molecule has 0 bridgehead atoms. The Hall–Kier alpha value is -4.38. The maximum atomic E-state index is 13.1. The van der Waals surface area contributed by atoms with Crippen molar-refractivity contribution >= 4 is 34.8 Å². The number of nitrogens with zero attached hydrogens (tertiary/aromatic N) is 4. The summed E-state index contributed by atoms with van der Waals surface area (Å²) in [5.41, 5.74) is 11.2. The summed E-state index contributed by atoms with van der Waals surface area (Å²) < 4.78 is 5.35. The van der Waals surface area contributed by atoms with Crippen LogP contribution in [0.15, 0.2) is 48.8 Å². The number of amides is 3. The minimum Gasteiger partial charge on any atom is -0.497 e. The standard InChI is InChI=1S/C28H32N8O3/c1-17-26-22(4-3-5-23(26)34-33-17)31-27(37)24-15-25(30-16-29-24)35-11-9-19(10-12-35)36-13-8-18-14-20(39-2)6-7-21(18)32-28(36)38/h3-7,14-17,19,33-34H,8-13H2,1-2H3,(H,31,37)(H,32,38). The van der Waals surface area contributed by atoms with Crippen LogP contribution in [0.4, 0.5) is 27.7 Å². The molecule has 0 spiro atoms. The predicted octanol–water partition coefficient (Wildman–Crippen LogP) is 3.79. The van der Waals surface area contributed by atoms with Crippen molar-refractivity contribution in [2.75, 3.05) is 47.7 Å². The van der Waals surface area contributed by atoms with E-state index in [4.69, 9.17) is 4.74 Å². The van der Waals surface area contributed by atoms with Crippen molar-refractivity contribution < 1.29 is 14.3 Å². The van der Waals surface area contributed by atoms with E-state index in [2.05, 4.69) is 36.4 Å². The van der Waals surface area contributed by atoms with Crippen molar-refractivity contribution in [3.05, 3.63) is 65.6 Å². The summed E-state index contributed by atoms with van der Waals surface area (Å²) in [6.45, 7) is 4.15. The van der Waals surface area contributed by atoms with Crippen LogP contribution >= 0.6 is 0 Å². The fraction of sp³-hybridized carbons (Fsp3) is 0.357. The van der Waals surface area contributed by atoms with Gasteiger partial charge in [0, 0.05) is 48.7 Å². The lowest BCUT2D eigenvalue weighted by atomic mass is 10.0. The quantitative estimate of drug-likeness (QED) is 0.395. The molecule has 0 radical (unpaired) electrons. The Morgan fingerprint density at radius 3 is 2.74 bits per heavy atom. The molecule has 3 aromatic rings. The minimum atomic E-state index is -0.279. The lowest BCUT2D eigenvalue weighted by molar-refractivity contribution is 0.102. The van der Waals surface area contributed by atoms with Crippen molar-refractivity contribution in [2.24, 2.45) is 0 Å². The van der Waals surface area contributed by atoms with E-state index in [9.17, 15) is 9.59 Å². The van der Waals surface area contributed by atoms with Gasteiger partial charge in [-0.15, -0.1) is 0 Å². The SMILES string of the molecule is COc1ccc2c(c1)CCN(C1CCN(c3cc(C(=O)Nc4cccc5c4C(C)NN5)ncn3)CC1)C(=O)N2. The highest BCUT2D eigenvalue weighted by atomic mass is 16.5. The molecule has 1 saturated heterocycles. The molecule has 1 fully saturated rings. The first kappa shape index (κ1) is 24.9. The van der Waals surface area contributed by atoms with Crippen molar-refractivity contribution in [1.29, 1.82) is 0 Å². The second-order valence-electron chi connectivity index (χ2n) is 10.1. The number of hydrazine groups is 1. The molecule has 39 heavy (non-hydrogen) atoms. The van der Waals surface area contributed by atoms with Gasteiger partial charge in [0.25, 0.3) is 5.91 Å². The molecule has 1 aromatic heterocycles. The van der Waals surface area contributed by atoms with Crippen molar-refractivity contribution in [3.8, 4) is 5.75 Å². The molecule has 0 aliphatic carbocycles. The number of rotatable bonds is 5. The zero-order valence-corrected chi connectivity index (χ0v) is 22.0. The number of ether oxygens (including phenoxy) is 1. The summed E-state index contributed by atoms with van der Waals surface area (Å²) >= 11 is 0. The Balaban J connectivity index is 1.09. The predicted molar refractivity (Wildman–Crippen MR) is 149 cm³/mol. The van der Waals surface area contributed by atoms with E-state index in [0.29, 0.717) is 18.1 Å². The van der Waals surface area contributed by atoms with Crippen LogP contribution in [0.3, 0.4) is 0 Å². The number of hydrogen-bond donors (Lipinski definition) is 4. The zero-order chi connectivity index (χ0) is 26.9. The lowest BCUT2D eigenvalue weighted by Crippen LogP contribution is -2.49. The molecule has 202 valence electrons. The second kappa shape index (κ2) is 10.4. The Morgan fingerprint density at radius 1 is 1.08 bits per heavy atom. The number of carbonyl (C=O) groups is 2. The summed E-state index contributed by atoms with van der Waals surface area (Å²) in [6, 6.07) is 13.4. The number of fused-ring (bicyclic) bond motifs is 2. The van der Waals surface area contributed by atoms with Crippen molar-refractivity contribution in [2.45, 2.75) is 38.3 Å². The molecule has 1 unspecified atom stereocenters. The molecule has 4 heterocycles. The first-order valence-corrected chi connectivity index (χ1v) is 13.3. The number of anilines is 4. The van der Waals surface area contributed by atoms with E-state index in [1.807, 2.05) is 48.2 Å². The van der Waals surface area contributed by atoms with Gasteiger partial charge in [0.15, 0.2) is 0 Å². The minimum absolute atomic E-state index is 0.0644. The number of piperidine rings is 1. The normalized spacial score (nSPS) is 18.9. The van der Waals surface area contributed by atoms with Gasteiger partial charge in [-0.25, -0.2) is 20.2 Å². The highest BCUT2D eigenvalue weighted by Gasteiger charge is 2.31. The molecule has 11 nitrogen and oxygen atoms in total. The number of aromatic nitrogens is 2. The molecule has 4 N–H and O–H groups in total. The highest BCUT2D eigenvalue weighted by molar-refractivity contribution is 6.04. The summed E-state index contributed by atoms with van der Waals surface area (Å²) in [5, 5.41) is 6.07. The van der Waals surface area contributed by atoms with Gasteiger partial charge in [-0.2, -0.15) is 0 Å². The largest absolute Gasteiger partial charge is 0.497 e. The molecule has 3 aliphatic rings. The summed E-state index contributed by atoms with van der Waals surface area (Å²) in [7, 11) is 1.65. The molecule has 1 atom stereocenters. The first-order chi connectivity index (χ1) is 19.0. The van der Waals surface area contributed by atoms with Crippen molar-refractivity contribution in [1.82, 2.24) is 20.3 Å². The Kier molecular flexibility index (Phi) is 6.65. The van der Waals surface area contributed by atoms with Gasteiger partial charge in [0.2, 0.25) is 0 Å². The summed E-state index contributed by atoms with van der Waals surface area (Å²) in [5.74, 6) is 1.22. The molecular formula is C28H32N8O3. The van der Waals surface area contributed by atoms with E-state index in [-0.39, 0.29) is 24.0 Å². The van der Waals surface area contributed by atoms with Gasteiger partial charge in [-0.1, -0.05) is 6.07 Å². The molecule has 3 amide bonds.